The van der Waals surface area contributed by atoms with Crippen molar-refractivity contribution in [1.82, 2.24) is 20.8 Å². The van der Waals surface area contributed by atoms with Gasteiger partial charge in [-0.25, -0.2) is 4.79 Å². The summed E-state index contributed by atoms with van der Waals surface area (Å²) in [5.74, 6) is 0.914. The molecule has 7 heteroatoms. The Hall–Kier alpha value is -2.41. The van der Waals surface area contributed by atoms with Crippen molar-refractivity contribution < 1.29 is 14.4 Å². The minimum Gasteiger partial charge on any atom is -0.394 e. The number of nitrogens with one attached hydrogen (secondary N) is 2. The highest BCUT2D eigenvalue weighted by Crippen LogP contribution is 2.12. The van der Waals surface area contributed by atoms with Gasteiger partial charge in [0.1, 0.15) is 6.04 Å². The van der Waals surface area contributed by atoms with E-state index in [-0.39, 0.29) is 12.6 Å². The molecular weight excluding hydrogens is 284 g/mol. The lowest BCUT2D eigenvalue weighted by Gasteiger charge is -2.14. The normalized spacial score (nSPS) is 13.4. The van der Waals surface area contributed by atoms with E-state index < -0.39 is 12.1 Å². The summed E-state index contributed by atoms with van der Waals surface area (Å²) < 4.78 is 5.18. The first-order valence-electron chi connectivity index (χ1n) is 7.12. The maximum atomic E-state index is 11.7. The summed E-state index contributed by atoms with van der Waals surface area (Å²) in [6, 6.07) is 8.70. The van der Waals surface area contributed by atoms with E-state index in [9.17, 15) is 4.79 Å². The smallest absolute Gasteiger partial charge is 0.315 e. The van der Waals surface area contributed by atoms with E-state index in [1.165, 1.54) is 0 Å². The molecule has 2 aromatic rings. The summed E-state index contributed by atoms with van der Waals surface area (Å²) in [4.78, 5) is 16.0. The SMILES string of the molecule is C[C@H](NC(=O)N[C@@H](C)CO)c1nc(Cc2ccccc2)no1. The third-order valence-electron chi connectivity index (χ3n) is 3.06. The van der Waals surface area contributed by atoms with Crippen molar-refractivity contribution in [3.05, 3.63) is 47.6 Å². The molecule has 0 aliphatic heterocycles. The Morgan fingerprint density at radius 1 is 1.27 bits per heavy atom. The molecule has 0 unspecified atom stereocenters. The molecule has 0 aliphatic carbocycles. The number of aromatic nitrogens is 2. The van der Waals surface area contributed by atoms with E-state index in [1.807, 2.05) is 30.3 Å². The third kappa shape index (κ3) is 4.56. The molecule has 3 N–H and O–H groups in total. The first-order chi connectivity index (χ1) is 10.6. The monoisotopic (exact) mass is 304 g/mol. The molecule has 0 aliphatic rings. The van der Waals surface area contributed by atoms with Crippen LogP contribution >= 0.6 is 0 Å². The molecule has 0 saturated carbocycles. The molecule has 118 valence electrons. The van der Waals surface area contributed by atoms with Crippen LogP contribution < -0.4 is 10.6 Å². The Kier molecular flexibility index (Phi) is 5.48. The van der Waals surface area contributed by atoms with Crippen molar-refractivity contribution in [2.45, 2.75) is 32.4 Å². The summed E-state index contributed by atoms with van der Waals surface area (Å²) in [5.41, 5.74) is 1.09. The average molecular weight is 304 g/mol. The second-order valence-corrected chi connectivity index (χ2v) is 5.13. The maximum absolute atomic E-state index is 11.7. The molecule has 1 heterocycles. The minimum absolute atomic E-state index is 0.121. The minimum atomic E-state index is -0.414. The average Bonchev–Trinajstić information content (AvgIpc) is 2.96. The Labute approximate surface area is 128 Å². The number of benzene rings is 1. The molecule has 0 fully saturated rings. The summed E-state index contributed by atoms with van der Waals surface area (Å²) in [6.07, 6.45) is 0.574. The zero-order chi connectivity index (χ0) is 15.9. The van der Waals surface area contributed by atoms with Gasteiger partial charge in [-0.3, -0.25) is 0 Å². The van der Waals surface area contributed by atoms with E-state index in [0.29, 0.717) is 18.1 Å². The van der Waals surface area contributed by atoms with Gasteiger partial charge in [0.15, 0.2) is 5.82 Å². The van der Waals surface area contributed by atoms with Crippen molar-refractivity contribution in [3.8, 4) is 0 Å². The van der Waals surface area contributed by atoms with Gasteiger partial charge in [-0.2, -0.15) is 4.98 Å². The number of carbonyl (C=O) groups excluding carboxylic acids is 1. The lowest BCUT2D eigenvalue weighted by Crippen LogP contribution is -2.43. The number of nitrogens with zero attached hydrogens (tertiary/aromatic N) is 2. The molecule has 2 amide bonds. The van der Waals surface area contributed by atoms with Gasteiger partial charge in [-0.05, 0) is 19.4 Å². The Bertz CT molecular complexity index is 600. The number of carbonyl (C=O) groups is 1. The van der Waals surface area contributed by atoms with Crippen LogP contribution in [0.5, 0.6) is 0 Å². The molecule has 0 radical (unpaired) electrons. The standard InChI is InChI=1S/C15H20N4O3/c1-10(9-20)16-15(21)17-11(2)14-18-13(19-22-14)8-12-6-4-3-5-7-12/h3-7,10-11,20H,8-9H2,1-2H3,(H2,16,17,21)/t10-,11-/m0/s1. The summed E-state index contributed by atoms with van der Waals surface area (Å²) >= 11 is 0. The van der Waals surface area contributed by atoms with Gasteiger partial charge in [0.25, 0.3) is 0 Å². The van der Waals surface area contributed by atoms with Crippen molar-refractivity contribution in [2.24, 2.45) is 0 Å². The lowest BCUT2D eigenvalue weighted by atomic mass is 10.1. The maximum Gasteiger partial charge on any atom is 0.315 e. The van der Waals surface area contributed by atoms with E-state index in [1.54, 1.807) is 13.8 Å². The van der Waals surface area contributed by atoms with Gasteiger partial charge in [0.05, 0.1) is 12.6 Å². The highest BCUT2D eigenvalue weighted by atomic mass is 16.5. The van der Waals surface area contributed by atoms with E-state index >= 15 is 0 Å². The van der Waals surface area contributed by atoms with Gasteiger partial charge >= 0.3 is 6.03 Å². The quantitative estimate of drug-likeness (QED) is 0.749. The predicted octanol–water partition coefficient (Wildman–Crippen LogP) is 1.40. The van der Waals surface area contributed by atoms with Crippen LogP contribution in [0.2, 0.25) is 0 Å². The van der Waals surface area contributed by atoms with Crippen LogP contribution in [0.1, 0.15) is 37.2 Å². The van der Waals surface area contributed by atoms with Crippen LogP contribution in [-0.2, 0) is 6.42 Å². The highest BCUT2D eigenvalue weighted by Gasteiger charge is 2.17. The third-order valence-corrected chi connectivity index (χ3v) is 3.06. The molecule has 2 rings (SSSR count). The number of aliphatic hydroxyl groups is 1. The van der Waals surface area contributed by atoms with Gasteiger partial charge in [-0.1, -0.05) is 35.5 Å². The number of aliphatic hydroxyl groups excluding tert-OH is 1. The van der Waals surface area contributed by atoms with E-state index in [4.69, 9.17) is 9.63 Å². The van der Waals surface area contributed by atoms with E-state index in [2.05, 4.69) is 20.8 Å². The summed E-state index contributed by atoms with van der Waals surface area (Å²) in [6.45, 7) is 3.33. The fourth-order valence-corrected chi connectivity index (χ4v) is 1.86. The molecule has 0 spiro atoms. The Balaban J connectivity index is 1.91. The van der Waals surface area contributed by atoms with Crippen LogP contribution in [0.15, 0.2) is 34.9 Å². The van der Waals surface area contributed by atoms with Gasteiger partial charge in [-0.15, -0.1) is 0 Å². The van der Waals surface area contributed by atoms with Crippen LogP contribution in [0.4, 0.5) is 4.79 Å². The second-order valence-electron chi connectivity index (χ2n) is 5.13. The van der Waals surface area contributed by atoms with Gasteiger partial charge < -0.3 is 20.3 Å². The van der Waals surface area contributed by atoms with Crippen LogP contribution in [0, 0.1) is 0 Å². The van der Waals surface area contributed by atoms with Crippen LogP contribution in [0.25, 0.3) is 0 Å². The summed E-state index contributed by atoms with van der Waals surface area (Å²) in [7, 11) is 0. The predicted molar refractivity (Wildman–Crippen MR) is 80.2 cm³/mol. The number of hydrogen-bond donors (Lipinski definition) is 3. The molecule has 22 heavy (non-hydrogen) atoms. The number of rotatable bonds is 6. The van der Waals surface area contributed by atoms with E-state index in [0.717, 1.165) is 5.56 Å². The molecule has 2 atom stereocenters. The van der Waals surface area contributed by atoms with Crippen molar-refractivity contribution in [3.63, 3.8) is 0 Å². The van der Waals surface area contributed by atoms with Crippen molar-refractivity contribution >= 4 is 6.03 Å². The zero-order valence-corrected chi connectivity index (χ0v) is 12.6. The molecule has 1 aromatic carbocycles. The van der Waals surface area contributed by atoms with Crippen LogP contribution in [-0.4, -0.2) is 33.9 Å². The highest BCUT2D eigenvalue weighted by molar-refractivity contribution is 5.74. The number of urea groups is 1. The first-order valence-corrected chi connectivity index (χ1v) is 7.12. The molecule has 0 bridgehead atoms. The topological polar surface area (TPSA) is 100 Å². The molecular formula is C15H20N4O3. The van der Waals surface area contributed by atoms with Crippen molar-refractivity contribution in [2.75, 3.05) is 6.61 Å². The largest absolute Gasteiger partial charge is 0.394 e. The molecule has 1 aromatic heterocycles. The first kappa shape index (κ1) is 16.0. The fraction of sp³-hybridized carbons (Fsp3) is 0.400. The molecule has 0 saturated heterocycles. The number of amides is 2. The summed E-state index contributed by atoms with van der Waals surface area (Å²) in [5, 5.41) is 18.1. The Morgan fingerprint density at radius 2 is 2.00 bits per heavy atom. The fourth-order valence-electron chi connectivity index (χ4n) is 1.86. The number of hydrogen-bond acceptors (Lipinski definition) is 5. The van der Waals surface area contributed by atoms with Gasteiger partial charge in [0.2, 0.25) is 5.89 Å². The van der Waals surface area contributed by atoms with Crippen LogP contribution in [0.3, 0.4) is 0 Å². The lowest BCUT2D eigenvalue weighted by molar-refractivity contribution is 0.215. The second kappa shape index (κ2) is 7.56. The van der Waals surface area contributed by atoms with Crippen molar-refractivity contribution in [1.29, 1.82) is 0 Å². The zero-order valence-electron chi connectivity index (χ0n) is 12.6. The Morgan fingerprint density at radius 3 is 2.68 bits per heavy atom. The molecule has 7 nitrogen and oxygen atoms in total. The van der Waals surface area contributed by atoms with Gasteiger partial charge in [0, 0.05) is 6.42 Å².